The van der Waals surface area contributed by atoms with E-state index >= 15 is 0 Å². The van der Waals surface area contributed by atoms with Crippen LogP contribution >= 0.6 is 0 Å². The summed E-state index contributed by atoms with van der Waals surface area (Å²) in [5.41, 5.74) is -0.0236. The molecule has 31 heavy (non-hydrogen) atoms. The number of carbonyl (C=O) groups is 1. The van der Waals surface area contributed by atoms with Gasteiger partial charge in [-0.3, -0.25) is 19.7 Å². The fraction of sp³-hybridized carbons (Fsp3) is 0.0909. The fourth-order valence-electron chi connectivity index (χ4n) is 3.85. The summed E-state index contributed by atoms with van der Waals surface area (Å²) < 4.78 is 24.9. The first-order chi connectivity index (χ1) is 14.9. The molecule has 1 amide bonds. The molecule has 0 spiro atoms. The summed E-state index contributed by atoms with van der Waals surface area (Å²) in [6.07, 6.45) is 1.46. The highest BCUT2D eigenvalue weighted by Gasteiger charge is 2.43. The third kappa shape index (κ3) is 2.98. The van der Waals surface area contributed by atoms with Crippen LogP contribution in [0, 0.1) is 15.9 Å². The molecule has 154 valence electrons. The summed E-state index contributed by atoms with van der Waals surface area (Å²) in [7, 11) is 0. The minimum Gasteiger partial charge on any atom is -0.467 e. The van der Waals surface area contributed by atoms with Crippen molar-refractivity contribution in [1.82, 2.24) is 4.90 Å². The molecule has 1 aliphatic rings. The molecule has 2 aromatic heterocycles. The van der Waals surface area contributed by atoms with Crippen LogP contribution in [0.3, 0.4) is 0 Å². The number of non-ortho nitro benzene ring substituents is 1. The number of nitro groups is 1. The SMILES string of the molecule is O=C1c2oc3ccc(F)cc3c(=O)c2[C@H](c2ccc([N+](=O)[O-])cc2)N1Cc1ccco1. The van der Waals surface area contributed by atoms with Crippen molar-refractivity contribution in [2.75, 3.05) is 0 Å². The van der Waals surface area contributed by atoms with Crippen LogP contribution in [0.5, 0.6) is 0 Å². The Bertz CT molecular complexity index is 1390. The van der Waals surface area contributed by atoms with Crippen LogP contribution in [-0.2, 0) is 6.54 Å². The lowest BCUT2D eigenvalue weighted by Crippen LogP contribution is -2.29. The Hall–Kier alpha value is -4.27. The predicted octanol–water partition coefficient (Wildman–Crippen LogP) is 4.18. The number of carbonyl (C=O) groups excluding carboxylic acids is 1. The van der Waals surface area contributed by atoms with Gasteiger partial charge in [0.15, 0.2) is 5.43 Å². The van der Waals surface area contributed by atoms with Crippen LogP contribution in [0.15, 0.2) is 74.5 Å². The Morgan fingerprint density at radius 3 is 2.55 bits per heavy atom. The molecule has 0 aliphatic carbocycles. The summed E-state index contributed by atoms with van der Waals surface area (Å²) in [6.45, 7) is 0.0435. The maximum Gasteiger partial charge on any atom is 0.291 e. The fourth-order valence-corrected chi connectivity index (χ4v) is 3.85. The van der Waals surface area contributed by atoms with Crippen molar-refractivity contribution in [3.8, 4) is 0 Å². The third-order valence-electron chi connectivity index (χ3n) is 5.25. The van der Waals surface area contributed by atoms with Crippen LogP contribution in [0.25, 0.3) is 11.0 Å². The molecule has 3 heterocycles. The summed E-state index contributed by atoms with van der Waals surface area (Å²) >= 11 is 0. The van der Waals surface area contributed by atoms with Gasteiger partial charge in [-0.15, -0.1) is 0 Å². The first-order valence-corrected chi connectivity index (χ1v) is 9.28. The van der Waals surface area contributed by atoms with Crippen molar-refractivity contribution in [2.24, 2.45) is 0 Å². The van der Waals surface area contributed by atoms with E-state index in [0.29, 0.717) is 11.3 Å². The highest BCUT2D eigenvalue weighted by molar-refractivity contribution is 5.99. The van der Waals surface area contributed by atoms with Gasteiger partial charge < -0.3 is 13.7 Å². The Labute approximate surface area is 173 Å². The summed E-state index contributed by atoms with van der Waals surface area (Å²) in [5.74, 6) is -0.795. The van der Waals surface area contributed by atoms with Gasteiger partial charge in [0.05, 0.1) is 34.7 Å². The Kier molecular flexibility index (Phi) is 4.18. The maximum atomic E-state index is 13.8. The number of nitrogens with zero attached hydrogens (tertiary/aromatic N) is 2. The first kappa shape index (κ1) is 18.7. The molecule has 0 bridgehead atoms. The highest BCUT2D eigenvalue weighted by atomic mass is 19.1. The van der Waals surface area contributed by atoms with Crippen molar-refractivity contribution in [3.05, 3.63) is 110 Å². The number of benzene rings is 2. The van der Waals surface area contributed by atoms with Gasteiger partial charge in [-0.05, 0) is 48.0 Å². The maximum absolute atomic E-state index is 13.8. The highest BCUT2D eigenvalue weighted by Crippen LogP contribution is 2.39. The lowest BCUT2D eigenvalue weighted by Gasteiger charge is -2.24. The molecule has 0 radical (unpaired) electrons. The summed E-state index contributed by atoms with van der Waals surface area (Å²) in [4.78, 5) is 38.4. The van der Waals surface area contributed by atoms with Gasteiger partial charge in [0.1, 0.15) is 17.2 Å². The van der Waals surface area contributed by atoms with E-state index in [1.807, 2.05) is 0 Å². The zero-order valence-electron chi connectivity index (χ0n) is 15.8. The molecule has 1 atom stereocenters. The summed E-state index contributed by atoms with van der Waals surface area (Å²) in [6, 6.07) is 11.5. The van der Waals surface area contributed by atoms with Gasteiger partial charge in [-0.25, -0.2) is 4.39 Å². The molecule has 0 unspecified atom stereocenters. The lowest BCUT2D eigenvalue weighted by atomic mass is 9.98. The summed E-state index contributed by atoms with van der Waals surface area (Å²) in [5, 5.41) is 11.0. The van der Waals surface area contributed by atoms with Crippen LogP contribution < -0.4 is 5.43 Å². The van der Waals surface area contributed by atoms with Crippen molar-refractivity contribution < 1.29 is 22.9 Å². The normalized spacial score (nSPS) is 15.5. The van der Waals surface area contributed by atoms with Gasteiger partial charge >= 0.3 is 0 Å². The second kappa shape index (κ2) is 6.91. The predicted molar refractivity (Wildman–Crippen MR) is 106 cm³/mol. The number of furan rings is 1. The molecule has 4 aromatic rings. The van der Waals surface area contributed by atoms with Crippen molar-refractivity contribution in [3.63, 3.8) is 0 Å². The number of hydrogen-bond acceptors (Lipinski definition) is 6. The van der Waals surface area contributed by atoms with Crippen LogP contribution in [0.2, 0.25) is 0 Å². The van der Waals surface area contributed by atoms with E-state index in [2.05, 4.69) is 0 Å². The first-order valence-electron chi connectivity index (χ1n) is 9.28. The number of hydrogen-bond donors (Lipinski definition) is 0. The molecule has 0 saturated carbocycles. The van der Waals surface area contributed by atoms with Crippen LogP contribution in [0.1, 0.15) is 33.5 Å². The number of nitro benzene ring substituents is 1. The number of rotatable bonds is 4. The van der Waals surface area contributed by atoms with E-state index in [9.17, 15) is 24.1 Å². The monoisotopic (exact) mass is 420 g/mol. The topological polar surface area (TPSA) is 107 Å². The molecular weight excluding hydrogens is 407 g/mol. The van der Waals surface area contributed by atoms with Crippen LogP contribution in [-0.4, -0.2) is 15.7 Å². The largest absolute Gasteiger partial charge is 0.467 e. The van der Waals surface area contributed by atoms with Gasteiger partial charge in [-0.2, -0.15) is 0 Å². The van der Waals surface area contributed by atoms with E-state index in [1.54, 1.807) is 12.1 Å². The van der Waals surface area contributed by atoms with Crippen LogP contribution in [0.4, 0.5) is 10.1 Å². The molecule has 0 saturated heterocycles. The second-order valence-corrected chi connectivity index (χ2v) is 7.08. The lowest BCUT2D eigenvalue weighted by molar-refractivity contribution is -0.384. The van der Waals surface area contributed by atoms with Crippen molar-refractivity contribution >= 4 is 22.6 Å². The van der Waals surface area contributed by atoms with E-state index in [4.69, 9.17) is 8.83 Å². The van der Waals surface area contributed by atoms with Crippen molar-refractivity contribution in [1.29, 1.82) is 0 Å². The smallest absolute Gasteiger partial charge is 0.291 e. The second-order valence-electron chi connectivity index (χ2n) is 7.08. The molecular formula is C22H13FN2O6. The average molecular weight is 420 g/mol. The Balaban J connectivity index is 1.73. The molecule has 0 N–H and O–H groups in total. The number of fused-ring (bicyclic) bond motifs is 2. The minimum atomic E-state index is -0.877. The quantitative estimate of drug-likeness (QED) is 0.362. The van der Waals surface area contributed by atoms with Gasteiger partial charge in [-0.1, -0.05) is 0 Å². The molecule has 0 fully saturated rings. The van der Waals surface area contributed by atoms with E-state index in [1.165, 1.54) is 41.5 Å². The molecule has 8 nitrogen and oxygen atoms in total. The average Bonchev–Trinajstić information content (AvgIpc) is 3.36. The van der Waals surface area contributed by atoms with E-state index < -0.39 is 28.1 Å². The van der Waals surface area contributed by atoms with E-state index in [0.717, 1.165) is 12.1 Å². The van der Waals surface area contributed by atoms with Gasteiger partial charge in [0.2, 0.25) is 5.76 Å². The third-order valence-corrected chi connectivity index (χ3v) is 5.25. The van der Waals surface area contributed by atoms with E-state index in [-0.39, 0.29) is 34.5 Å². The Morgan fingerprint density at radius 1 is 1.10 bits per heavy atom. The number of halogens is 1. The molecule has 1 aliphatic heterocycles. The van der Waals surface area contributed by atoms with Gasteiger partial charge in [0, 0.05) is 12.1 Å². The molecule has 5 rings (SSSR count). The standard InChI is InChI=1S/C22H13FN2O6/c23-13-5-8-17-16(10-13)20(26)18-19(12-3-6-14(7-4-12)25(28)29)24(22(27)21(18)31-17)11-15-2-1-9-30-15/h1-10,19H,11H2/t19-/m0/s1. The van der Waals surface area contributed by atoms with Gasteiger partial charge in [0.25, 0.3) is 11.6 Å². The number of amides is 1. The zero-order chi connectivity index (χ0) is 21.7. The molecule has 9 heteroatoms. The van der Waals surface area contributed by atoms with Crippen molar-refractivity contribution in [2.45, 2.75) is 12.6 Å². The minimum absolute atomic E-state index is 0.0123. The zero-order valence-corrected chi connectivity index (χ0v) is 15.8. The molecule has 2 aromatic carbocycles. The Morgan fingerprint density at radius 2 is 1.87 bits per heavy atom.